The summed E-state index contributed by atoms with van der Waals surface area (Å²) in [6, 6.07) is 73.8. The Bertz CT molecular complexity index is 3130. The van der Waals surface area contributed by atoms with E-state index in [1.54, 1.807) is 0 Å². The molecule has 55 heavy (non-hydrogen) atoms. The molecule has 0 saturated heterocycles. The summed E-state index contributed by atoms with van der Waals surface area (Å²) in [5.41, 5.74) is 13.2. The van der Waals surface area contributed by atoms with E-state index in [9.17, 15) is 0 Å². The highest BCUT2D eigenvalue weighted by atomic mass is 16.3. The molecule has 0 unspecified atom stereocenters. The van der Waals surface area contributed by atoms with E-state index < -0.39 is 0 Å². The van der Waals surface area contributed by atoms with E-state index in [0.29, 0.717) is 0 Å². The molecule has 3 nitrogen and oxygen atoms in total. The Morgan fingerprint density at radius 2 is 0.891 bits per heavy atom. The van der Waals surface area contributed by atoms with E-state index in [4.69, 9.17) is 4.42 Å². The van der Waals surface area contributed by atoms with Crippen LogP contribution < -0.4 is 4.90 Å². The first-order valence-corrected chi connectivity index (χ1v) is 18.8. The lowest BCUT2D eigenvalue weighted by molar-refractivity contribution is 0.668. The van der Waals surface area contributed by atoms with E-state index in [-0.39, 0.29) is 0 Å². The maximum atomic E-state index is 6.70. The van der Waals surface area contributed by atoms with Gasteiger partial charge in [0.1, 0.15) is 11.2 Å². The van der Waals surface area contributed by atoms with Gasteiger partial charge in [-0.2, -0.15) is 0 Å². The van der Waals surface area contributed by atoms with Crippen LogP contribution in [0.3, 0.4) is 0 Å². The first-order valence-electron chi connectivity index (χ1n) is 18.8. The molecule has 11 aromatic rings. The smallest absolute Gasteiger partial charge is 0.137 e. The van der Waals surface area contributed by atoms with E-state index in [1.807, 2.05) is 0 Å². The van der Waals surface area contributed by atoms with Crippen molar-refractivity contribution in [2.75, 3.05) is 4.90 Å². The van der Waals surface area contributed by atoms with Crippen molar-refractivity contribution in [3.63, 3.8) is 0 Å². The lowest BCUT2D eigenvalue weighted by Crippen LogP contribution is -2.09. The van der Waals surface area contributed by atoms with Gasteiger partial charge in [0.15, 0.2) is 0 Å². The largest absolute Gasteiger partial charge is 0.456 e. The third-order valence-corrected chi connectivity index (χ3v) is 11.0. The normalized spacial score (nSPS) is 11.6. The van der Waals surface area contributed by atoms with Crippen molar-refractivity contribution < 1.29 is 4.42 Å². The fraction of sp³-hybridized carbons (Fsp3) is 0. The summed E-state index contributed by atoms with van der Waals surface area (Å²) in [5.74, 6) is 0. The minimum Gasteiger partial charge on any atom is -0.456 e. The summed E-state index contributed by atoms with van der Waals surface area (Å²) in [7, 11) is 0. The fourth-order valence-corrected chi connectivity index (χ4v) is 8.49. The zero-order valence-electron chi connectivity index (χ0n) is 29.9. The van der Waals surface area contributed by atoms with E-state index in [0.717, 1.165) is 44.7 Å². The molecule has 0 aliphatic carbocycles. The zero-order valence-corrected chi connectivity index (χ0v) is 29.9. The van der Waals surface area contributed by atoms with Gasteiger partial charge in [-0.15, -0.1) is 0 Å². The lowest BCUT2D eigenvalue weighted by atomic mass is 9.91. The van der Waals surface area contributed by atoms with Gasteiger partial charge in [-0.05, 0) is 93.7 Å². The van der Waals surface area contributed by atoms with Crippen LogP contribution in [0.1, 0.15) is 0 Å². The predicted molar refractivity (Wildman–Crippen MR) is 231 cm³/mol. The van der Waals surface area contributed by atoms with E-state index >= 15 is 0 Å². The van der Waals surface area contributed by atoms with Crippen molar-refractivity contribution >= 4 is 71.6 Å². The molecule has 0 saturated carbocycles. The topological polar surface area (TPSA) is 21.3 Å². The molecule has 258 valence electrons. The first-order chi connectivity index (χ1) is 27.3. The Morgan fingerprint density at radius 3 is 1.56 bits per heavy atom. The van der Waals surface area contributed by atoms with Crippen molar-refractivity contribution in [3.8, 4) is 27.9 Å². The zero-order chi connectivity index (χ0) is 36.3. The van der Waals surface area contributed by atoms with Crippen molar-refractivity contribution in [2.24, 2.45) is 0 Å². The number of aromatic nitrogens is 1. The van der Waals surface area contributed by atoms with Gasteiger partial charge in [0.25, 0.3) is 0 Å². The molecular weight excluding hydrogens is 669 g/mol. The molecule has 0 aliphatic rings. The number of benzene rings is 9. The standard InChI is InChI=1S/C52H34N2O/c1-3-13-35(14-4-1)42-21-11-15-37-16-12-22-43(52(37)42)36-25-27-39(28-26-36)53(38-17-5-2-6-18-38)40-29-31-46-47-32-30-41(34-51(47)55-50(46)33-40)54-48-23-9-7-19-44(48)45-20-8-10-24-49(45)54/h1-34H. The Hall–Kier alpha value is -7.36. The van der Waals surface area contributed by atoms with Crippen molar-refractivity contribution in [2.45, 2.75) is 0 Å². The van der Waals surface area contributed by atoms with Crippen LogP contribution in [0.5, 0.6) is 0 Å². The third-order valence-electron chi connectivity index (χ3n) is 11.0. The molecule has 0 atom stereocenters. The van der Waals surface area contributed by atoms with E-state index in [2.05, 4.69) is 216 Å². The van der Waals surface area contributed by atoms with Crippen LogP contribution >= 0.6 is 0 Å². The number of fused-ring (bicyclic) bond motifs is 7. The van der Waals surface area contributed by atoms with Crippen molar-refractivity contribution in [1.82, 2.24) is 4.57 Å². The number of nitrogens with zero attached hydrogens (tertiary/aromatic N) is 2. The summed E-state index contributed by atoms with van der Waals surface area (Å²) in [6.45, 7) is 0. The molecule has 0 fully saturated rings. The predicted octanol–water partition coefficient (Wildman–Crippen LogP) is 14.6. The molecule has 11 rings (SSSR count). The second kappa shape index (κ2) is 12.6. The average molecular weight is 703 g/mol. The van der Waals surface area contributed by atoms with Crippen LogP contribution in [0, 0.1) is 0 Å². The summed E-state index contributed by atoms with van der Waals surface area (Å²) in [5, 5.41) is 7.19. The van der Waals surface area contributed by atoms with Gasteiger partial charge in [-0.25, -0.2) is 0 Å². The molecule has 0 spiro atoms. The lowest BCUT2D eigenvalue weighted by Gasteiger charge is -2.25. The second-order valence-corrected chi connectivity index (χ2v) is 14.1. The van der Waals surface area contributed by atoms with Crippen LogP contribution in [-0.2, 0) is 0 Å². The second-order valence-electron chi connectivity index (χ2n) is 14.1. The number of anilines is 3. The first kappa shape index (κ1) is 31.2. The summed E-state index contributed by atoms with van der Waals surface area (Å²) in [6.07, 6.45) is 0. The summed E-state index contributed by atoms with van der Waals surface area (Å²) >= 11 is 0. The monoisotopic (exact) mass is 702 g/mol. The highest BCUT2D eigenvalue weighted by Gasteiger charge is 2.18. The van der Waals surface area contributed by atoms with Gasteiger partial charge in [0, 0.05) is 56.4 Å². The molecule has 0 bridgehead atoms. The maximum Gasteiger partial charge on any atom is 0.137 e. The van der Waals surface area contributed by atoms with Gasteiger partial charge in [-0.1, -0.05) is 133 Å². The Kier molecular flexibility index (Phi) is 7.17. The van der Waals surface area contributed by atoms with Crippen molar-refractivity contribution in [3.05, 3.63) is 206 Å². The number of furan rings is 1. The van der Waals surface area contributed by atoms with Gasteiger partial charge in [0.2, 0.25) is 0 Å². The molecule has 0 amide bonds. The molecule has 9 aromatic carbocycles. The van der Waals surface area contributed by atoms with Gasteiger partial charge < -0.3 is 13.9 Å². The Balaban J connectivity index is 1.01. The SMILES string of the molecule is c1ccc(-c2cccc3cccc(-c4ccc(N(c5ccccc5)c5ccc6c(c5)oc5cc(-n7c8ccccc8c8ccccc87)ccc56)cc4)c23)cc1. The molecule has 0 aliphatic heterocycles. The molecule has 0 N–H and O–H groups in total. The van der Waals surface area contributed by atoms with Crippen LogP contribution in [0.15, 0.2) is 211 Å². The van der Waals surface area contributed by atoms with E-state index in [1.165, 1.54) is 54.8 Å². The van der Waals surface area contributed by atoms with Crippen LogP contribution in [0.25, 0.3) is 82.5 Å². The average Bonchev–Trinajstić information content (AvgIpc) is 3.79. The minimum atomic E-state index is 0.855. The molecular formula is C52H34N2O. The molecule has 3 heteroatoms. The Labute approximate surface area is 318 Å². The number of hydrogen-bond donors (Lipinski definition) is 0. The molecule has 0 radical (unpaired) electrons. The van der Waals surface area contributed by atoms with Crippen molar-refractivity contribution in [1.29, 1.82) is 0 Å². The van der Waals surface area contributed by atoms with Crippen LogP contribution in [0.2, 0.25) is 0 Å². The highest BCUT2D eigenvalue weighted by molar-refractivity contribution is 6.11. The highest BCUT2D eigenvalue weighted by Crippen LogP contribution is 2.42. The van der Waals surface area contributed by atoms with Crippen LogP contribution in [-0.4, -0.2) is 4.57 Å². The molecule has 2 heterocycles. The quantitative estimate of drug-likeness (QED) is 0.172. The summed E-state index contributed by atoms with van der Waals surface area (Å²) in [4.78, 5) is 2.30. The number of para-hydroxylation sites is 3. The number of hydrogen-bond acceptors (Lipinski definition) is 2. The minimum absolute atomic E-state index is 0.855. The van der Waals surface area contributed by atoms with Gasteiger partial charge in [0.05, 0.1) is 11.0 Å². The molecule has 2 aromatic heterocycles. The summed E-state index contributed by atoms with van der Waals surface area (Å²) < 4.78 is 9.04. The Morgan fingerprint density at radius 1 is 0.364 bits per heavy atom. The number of rotatable bonds is 6. The van der Waals surface area contributed by atoms with Gasteiger partial charge in [-0.3, -0.25) is 0 Å². The fourth-order valence-electron chi connectivity index (χ4n) is 8.49. The maximum absolute atomic E-state index is 6.70. The van der Waals surface area contributed by atoms with Crippen LogP contribution in [0.4, 0.5) is 17.1 Å². The third kappa shape index (κ3) is 5.13. The van der Waals surface area contributed by atoms with Gasteiger partial charge >= 0.3 is 0 Å².